The van der Waals surface area contributed by atoms with Crippen molar-refractivity contribution in [3.05, 3.63) is 56.7 Å². The Hall–Kier alpha value is -2.05. The molecule has 0 fully saturated rings. The van der Waals surface area contributed by atoms with E-state index in [-0.39, 0.29) is 11.6 Å². The molecular formula is C19H22N4OS. The fourth-order valence-electron chi connectivity index (χ4n) is 3.44. The van der Waals surface area contributed by atoms with Crippen LogP contribution in [0.1, 0.15) is 48.1 Å². The lowest BCUT2D eigenvalue weighted by atomic mass is 9.89. The number of aromatic amines is 1. The third-order valence-corrected chi connectivity index (χ3v) is 6.08. The molecule has 4 rings (SSSR count). The Bertz CT molecular complexity index is 947. The molecule has 0 spiro atoms. The average molecular weight is 354 g/mol. The van der Waals surface area contributed by atoms with Crippen LogP contribution < -0.4 is 10.9 Å². The summed E-state index contributed by atoms with van der Waals surface area (Å²) in [5, 5.41) is 4.22. The summed E-state index contributed by atoms with van der Waals surface area (Å²) in [7, 11) is 0. The number of thiophene rings is 1. The van der Waals surface area contributed by atoms with Crippen molar-refractivity contribution >= 4 is 21.6 Å². The predicted octanol–water partition coefficient (Wildman–Crippen LogP) is 3.36. The summed E-state index contributed by atoms with van der Waals surface area (Å²) in [6.45, 7) is 4.99. The van der Waals surface area contributed by atoms with Gasteiger partial charge in [-0.15, -0.1) is 11.3 Å². The number of rotatable bonds is 4. The maximum atomic E-state index is 12.7. The number of H-pyrrole nitrogens is 1. The van der Waals surface area contributed by atoms with Crippen LogP contribution >= 0.6 is 11.3 Å². The Morgan fingerprint density at radius 2 is 2.36 bits per heavy atom. The molecule has 130 valence electrons. The number of hydrogen-bond acceptors (Lipinski definition) is 5. The highest BCUT2D eigenvalue weighted by Gasteiger charge is 2.23. The summed E-state index contributed by atoms with van der Waals surface area (Å²) in [6.07, 6.45) is 6.82. The molecule has 1 aliphatic carbocycles. The standard InChI is InChI=1S/C19H22N4OS/c1-11-5-6-14-15(8-11)25-19-16(14)18(24)22-17(23-19)12(2)21-10-13-4-3-7-20-9-13/h3-4,7,9,11-12,21H,5-6,8,10H2,1-2H3,(H,22,23,24)/t11-,12+/m0/s1. The molecule has 5 nitrogen and oxygen atoms in total. The van der Waals surface area contributed by atoms with Gasteiger partial charge >= 0.3 is 0 Å². The first-order valence-corrected chi connectivity index (χ1v) is 9.60. The van der Waals surface area contributed by atoms with Crippen LogP contribution in [0.2, 0.25) is 0 Å². The van der Waals surface area contributed by atoms with Gasteiger partial charge in [-0.05, 0) is 49.3 Å². The average Bonchev–Trinajstić information content (AvgIpc) is 2.98. The van der Waals surface area contributed by atoms with Gasteiger partial charge in [0.2, 0.25) is 0 Å². The number of aromatic nitrogens is 3. The second-order valence-corrected chi connectivity index (χ2v) is 8.03. The number of hydrogen-bond donors (Lipinski definition) is 2. The molecule has 0 aromatic carbocycles. The highest BCUT2D eigenvalue weighted by atomic mass is 32.1. The first-order chi connectivity index (χ1) is 12.1. The summed E-state index contributed by atoms with van der Waals surface area (Å²) < 4.78 is 0. The lowest BCUT2D eigenvalue weighted by Gasteiger charge is -2.17. The molecule has 0 unspecified atom stereocenters. The monoisotopic (exact) mass is 354 g/mol. The Kier molecular flexibility index (Phi) is 4.39. The van der Waals surface area contributed by atoms with Crippen molar-refractivity contribution in [2.45, 2.75) is 45.7 Å². The van der Waals surface area contributed by atoms with E-state index in [1.54, 1.807) is 17.5 Å². The lowest BCUT2D eigenvalue weighted by molar-refractivity contribution is 0.509. The number of aryl methyl sites for hydroxylation is 1. The van der Waals surface area contributed by atoms with E-state index in [9.17, 15) is 4.79 Å². The smallest absolute Gasteiger partial charge is 0.259 e. The van der Waals surface area contributed by atoms with Gasteiger partial charge in [-0.2, -0.15) is 0 Å². The number of fused-ring (bicyclic) bond motifs is 3. The molecule has 0 saturated heterocycles. The van der Waals surface area contributed by atoms with Crippen molar-refractivity contribution in [2.24, 2.45) is 5.92 Å². The Labute approximate surface area is 150 Å². The zero-order valence-corrected chi connectivity index (χ0v) is 15.3. The van der Waals surface area contributed by atoms with Crippen LogP contribution in [0.5, 0.6) is 0 Å². The van der Waals surface area contributed by atoms with Crippen LogP contribution in [-0.2, 0) is 19.4 Å². The molecule has 0 bridgehead atoms. The van der Waals surface area contributed by atoms with Crippen molar-refractivity contribution in [2.75, 3.05) is 0 Å². The van der Waals surface area contributed by atoms with Gasteiger partial charge in [0.05, 0.1) is 11.4 Å². The molecule has 2 atom stereocenters. The first kappa shape index (κ1) is 16.4. The molecule has 2 N–H and O–H groups in total. The van der Waals surface area contributed by atoms with Crippen LogP contribution in [0.15, 0.2) is 29.3 Å². The number of nitrogens with one attached hydrogen (secondary N) is 2. The predicted molar refractivity (Wildman–Crippen MR) is 101 cm³/mol. The highest BCUT2D eigenvalue weighted by molar-refractivity contribution is 7.18. The van der Waals surface area contributed by atoms with Gasteiger partial charge < -0.3 is 10.3 Å². The number of pyridine rings is 1. The zero-order valence-electron chi connectivity index (χ0n) is 14.5. The van der Waals surface area contributed by atoms with Crippen LogP contribution in [0.25, 0.3) is 10.2 Å². The summed E-state index contributed by atoms with van der Waals surface area (Å²) >= 11 is 1.69. The van der Waals surface area contributed by atoms with E-state index in [4.69, 9.17) is 4.98 Å². The third kappa shape index (κ3) is 3.24. The maximum absolute atomic E-state index is 12.7. The summed E-state index contributed by atoms with van der Waals surface area (Å²) in [4.78, 5) is 26.8. The van der Waals surface area contributed by atoms with Gasteiger partial charge in [0.1, 0.15) is 10.7 Å². The Morgan fingerprint density at radius 1 is 1.48 bits per heavy atom. The molecule has 3 aromatic rings. The summed E-state index contributed by atoms with van der Waals surface area (Å²) in [6, 6.07) is 3.92. The summed E-state index contributed by atoms with van der Waals surface area (Å²) in [5.41, 5.74) is 2.34. The fraction of sp³-hybridized carbons (Fsp3) is 0.421. The molecule has 3 aromatic heterocycles. The van der Waals surface area contributed by atoms with E-state index in [1.807, 2.05) is 25.3 Å². The van der Waals surface area contributed by atoms with Crippen molar-refractivity contribution in [1.82, 2.24) is 20.3 Å². The molecule has 0 aliphatic heterocycles. The summed E-state index contributed by atoms with van der Waals surface area (Å²) in [5.74, 6) is 1.40. The van der Waals surface area contributed by atoms with E-state index in [0.717, 1.165) is 35.0 Å². The van der Waals surface area contributed by atoms with Crippen molar-refractivity contribution in [3.63, 3.8) is 0 Å². The van der Waals surface area contributed by atoms with Gasteiger partial charge in [-0.1, -0.05) is 13.0 Å². The SMILES string of the molecule is C[C@H]1CCc2c(sc3nc([C@@H](C)NCc4cccnc4)[nH]c(=O)c23)C1. The minimum Gasteiger partial charge on any atom is -0.309 e. The van der Waals surface area contributed by atoms with Crippen molar-refractivity contribution < 1.29 is 0 Å². The molecule has 1 aliphatic rings. The van der Waals surface area contributed by atoms with Gasteiger partial charge in [-0.25, -0.2) is 4.98 Å². The molecule has 0 amide bonds. The van der Waals surface area contributed by atoms with Crippen LogP contribution in [0, 0.1) is 5.92 Å². The van der Waals surface area contributed by atoms with E-state index >= 15 is 0 Å². The second-order valence-electron chi connectivity index (χ2n) is 6.95. The molecule has 0 saturated carbocycles. The van der Waals surface area contributed by atoms with Gasteiger partial charge in [0, 0.05) is 23.8 Å². The number of nitrogens with zero attached hydrogens (tertiary/aromatic N) is 2. The normalized spacial score (nSPS) is 18.2. The topological polar surface area (TPSA) is 70.7 Å². The Balaban J connectivity index is 1.61. The van der Waals surface area contributed by atoms with Gasteiger partial charge in [-0.3, -0.25) is 9.78 Å². The van der Waals surface area contributed by atoms with Crippen LogP contribution in [-0.4, -0.2) is 15.0 Å². The quantitative estimate of drug-likeness (QED) is 0.754. The minimum absolute atomic E-state index is 0.00193. The van der Waals surface area contributed by atoms with Gasteiger partial charge in [0.25, 0.3) is 5.56 Å². The highest BCUT2D eigenvalue weighted by Crippen LogP contribution is 2.35. The largest absolute Gasteiger partial charge is 0.309 e. The van der Waals surface area contributed by atoms with Gasteiger partial charge in [0.15, 0.2) is 0 Å². The third-order valence-electron chi connectivity index (χ3n) is 4.93. The van der Waals surface area contributed by atoms with E-state index in [1.165, 1.54) is 10.4 Å². The Morgan fingerprint density at radius 3 is 3.16 bits per heavy atom. The molecule has 6 heteroatoms. The van der Waals surface area contributed by atoms with Crippen molar-refractivity contribution in [1.29, 1.82) is 0 Å². The zero-order chi connectivity index (χ0) is 17.4. The van der Waals surface area contributed by atoms with E-state index < -0.39 is 0 Å². The molecule has 3 heterocycles. The van der Waals surface area contributed by atoms with Crippen molar-refractivity contribution in [3.8, 4) is 0 Å². The molecule has 0 radical (unpaired) electrons. The maximum Gasteiger partial charge on any atom is 0.259 e. The first-order valence-electron chi connectivity index (χ1n) is 8.78. The lowest BCUT2D eigenvalue weighted by Crippen LogP contribution is -2.23. The molecular weight excluding hydrogens is 332 g/mol. The minimum atomic E-state index is -0.0321. The van der Waals surface area contributed by atoms with E-state index in [2.05, 4.69) is 22.2 Å². The van der Waals surface area contributed by atoms with Crippen LogP contribution in [0.4, 0.5) is 0 Å². The second kappa shape index (κ2) is 6.69. The fourth-order valence-corrected chi connectivity index (χ4v) is 4.83. The van der Waals surface area contributed by atoms with Crippen LogP contribution in [0.3, 0.4) is 0 Å². The van der Waals surface area contributed by atoms with E-state index in [0.29, 0.717) is 18.3 Å². The molecule has 25 heavy (non-hydrogen) atoms.